The number of hydrogen-bond acceptors (Lipinski definition) is 3. The molecule has 0 aliphatic rings. The zero-order valence-electron chi connectivity index (χ0n) is 10.2. The molecule has 16 heavy (non-hydrogen) atoms. The molecule has 0 saturated heterocycles. The highest BCUT2D eigenvalue weighted by molar-refractivity contribution is 5.35. The fourth-order valence-electron chi connectivity index (χ4n) is 1.77. The van der Waals surface area contributed by atoms with Crippen molar-refractivity contribution in [2.24, 2.45) is 0 Å². The third-order valence-electron chi connectivity index (χ3n) is 2.80. The van der Waals surface area contributed by atoms with E-state index in [2.05, 4.69) is 19.2 Å². The van der Waals surface area contributed by atoms with Crippen molar-refractivity contribution in [3.05, 3.63) is 29.8 Å². The zero-order valence-corrected chi connectivity index (χ0v) is 10.2. The van der Waals surface area contributed by atoms with Gasteiger partial charge in [0.1, 0.15) is 5.75 Å². The van der Waals surface area contributed by atoms with E-state index in [-0.39, 0.29) is 18.7 Å². The predicted molar refractivity (Wildman–Crippen MR) is 65.7 cm³/mol. The van der Waals surface area contributed by atoms with Crippen LogP contribution < -0.4 is 10.1 Å². The Kier molecular flexibility index (Phi) is 5.29. The number of nitrogens with one attached hydrogen (secondary N) is 1. The van der Waals surface area contributed by atoms with Crippen molar-refractivity contribution in [1.29, 1.82) is 0 Å². The van der Waals surface area contributed by atoms with Gasteiger partial charge in [-0.2, -0.15) is 0 Å². The van der Waals surface area contributed by atoms with Crippen LogP contribution in [0.25, 0.3) is 0 Å². The summed E-state index contributed by atoms with van der Waals surface area (Å²) < 4.78 is 5.31. The number of rotatable bonds is 6. The maximum absolute atomic E-state index is 9.15. The summed E-state index contributed by atoms with van der Waals surface area (Å²) in [6, 6.07) is 8.26. The van der Waals surface area contributed by atoms with Gasteiger partial charge in [0.2, 0.25) is 0 Å². The molecular formula is C13H21NO2. The lowest BCUT2D eigenvalue weighted by Gasteiger charge is -2.22. The Morgan fingerprint density at radius 3 is 2.62 bits per heavy atom. The Balaban J connectivity index is 2.75. The van der Waals surface area contributed by atoms with Crippen molar-refractivity contribution < 1.29 is 9.84 Å². The van der Waals surface area contributed by atoms with E-state index < -0.39 is 0 Å². The maximum Gasteiger partial charge on any atom is 0.123 e. The third kappa shape index (κ3) is 3.22. The van der Waals surface area contributed by atoms with E-state index in [9.17, 15) is 0 Å². The van der Waals surface area contributed by atoms with E-state index in [0.717, 1.165) is 17.7 Å². The van der Waals surface area contributed by atoms with Gasteiger partial charge in [-0.05, 0) is 19.4 Å². The molecule has 0 fully saturated rings. The molecule has 0 bridgehead atoms. The highest BCUT2D eigenvalue weighted by Gasteiger charge is 2.13. The van der Waals surface area contributed by atoms with Gasteiger partial charge in [0.15, 0.2) is 0 Å². The van der Waals surface area contributed by atoms with Crippen molar-refractivity contribution in [3.63, 3.8) is 0 Å². The molecule has 0 radical (unpaired) electrons. The van der Waals surface area contributed by atoms with Crippen LogP contribution in [0.4, 0.5) is 0 Å². The monoisotopic (exact) mass is 223 g/mol. The fourth-order valence-corrected chi connectivity index (χ4v) is 1.77. The Morgan fingerprint density at radius 1 is 1.38 bits per heavy atom. The molecule has 1 aromatic rings. The molecule has 1 rings (SSSR count). The average Bonchev–Trinajstić information content (AvgIpc) is 2.35. The Labute approximate surface area is 97.4 Å². The molecule has 0 aliphatic carbocycles. The van der Waals surface area contributed by atoms with Gasteiger partial charge in [-0.1, -0.05) is 25.1 Å². The molecule has 2 atom stereocenters. The number of para-hydroxylation sites is 1. The van der Waals surface area contributed by atoms with Gasteiger partial charge < -0.3 is 15.2 Å². The average molecular weight is 223 g/mol. The molecule has 3 heteroatoms. The maximum atomic E-state index is 9.15. The number of hydrogen-bond donors (Lipinski definition) is 2. The highest BCUT2D eigenvalue weighted by Crippen LogP contribution is 2.24. The Hall–Kier alpha value is -1.06. The quantitative estimate of drug-likeness (QED) is 0.776. The summed E-state index contributed by atoms with van der Waals surface area (Å²) in [5, 5.41) is 12.5. The second kappa shape index (κ2) is 6.51. The topological polar surface area (TPSA) is 41.5 Å². The van der Waals surface area contributed by atoms with Gasteiger partial charge >= 0.3 is 0 Å². The molecule has 1 aromatic carbocycles. The largest absolute Gasteiger partial charge is 0.496 e. The van der Waals surface area contributed by atoms with E-state index in [1.807, 2.05) is 24.3 Å². The van der Waals surface area contributed by atoms with Gasteiger partial charge in [-0.15, -0.1) is 0 Å². The van der Waals surface area contributed by atoms with Crippen LogP contribution in [0.3, 0.4) is 0 Å². The first-order chi connectivity index (χ1) is 7.72. The van der Waals surface area contributed by atoms with Crippen molar-refractivity contribution in [2.45, 2.75) is 32.4 Å². The Morgan fingerprint density at radius 2 is 2.06 bits per heavy atom. The number of benzene rings is 1. The van der Waals surface area contributed by atoms with Crippen molar-refractivity contribution in [1.82, 2.24) is 5.32 Å². The van der Waals surface area contributed by atoms with Crippen LogP contribution >= 0.6 is 0 Å². The van der Waals surface area contributed by atoms with E-state index in [1.54, 1.807) is 7.11 Å². The van der Waals surface area contributed by atoms with Crippen LogP contribution in [-0.2, 0) is 0 Å². The molecule has 0 aromatic heterocycles. The molecule has 0 aliphatic heterocycles. The van der Waals surface area contributed by atoms with Gasteiger partial charge in [0, 0.05) is 17.6 Å². The first kappa shape index (κ1) is 13.0. The smallest absolute Gasteiger partial charge is 0.123 e. The molecule has 90 valence electrons. The lowest BCUT2D eigenvalue weighted by atomic mass is 10.1. The van der Waals surface area contributed by atoms with Crippen molar-refractivity contribution in [2.75, 3.05) is 13.7 Å². The highest BCUT2D eigenvalue weighted by atomic mass is 16.5. The van der Waals surface area contributed by atoms with Crippen LogP contribution in [0.5, 0.6) is 5.75 Å². The lowest BCUT2D eigenvalue weighted by molar-refractivity contribution is 0.229. The summed E-state index contributed by atoms with van der Waals surface area (Å²) in [6.07, 6.45) is 0.913. The molecular weight excluding hydrogens is 202 g/mol. The standard InChI is InChI=1S/C13H21NO2/c1-4-11(9-15)14-10(2)12-7-5-6-8-13(12)16-3/h5-8,10-11,14-15H,4,9H2,1-3H3/t10?,11-/m0/s1. The molecule has 1 unspecified atom stereocenters. The van der Waals surface area contributed by atoms with Gasteiger partial charge in [-0.25, -0.2) is 0 Å². The number of aliphatic hydroxyl groups is 1. The summed E-state index contributed by atoms with van der Waals surface area (Å²) >= 11 is 0. The SMILES string of the molecule is CC[C@@H](CO)NC(C)c1ccccc1OC. The predicted octanol–water partition coefficient (Wildman–Crippen LogP) is 2.12. The number of methoxy groups -OCH3 is 1. The molecule has 0 saturated carbocycles. The second-order valence-electron chi connectivity index (χ2n) is 3.92. The van der Waals surface area contributed by atoms with E-state index in [1.165, 1.54) is 0 Å². The van der Waals surface area contributed by atoms with E-state index in [4.69, 9.17) is 9.84 Å². The summed E-state index contributed by atoms with van der Waals surface area (Å²) in [4.78, 5) is 0. The minimum absolute atomic E-state index is 0.139. The zero-order chi connectivity index (χ0) is 12.0. The van der Waals surface area contributed by atoms with E-state index >= 15 is 0 Å². The minimum atomic E-state index is 0.139. The first-order valence-corrected chi connectivity index (χ1v) is 5.72. The van der Waals surface area contributed by atoms with Crippen molar-refractivity contribution >= 4 is 0 Å². The van der Waals surface area contributed by atoms with Crippen LogP contribution in [0, 0.1) is 0 Å². The molecule has 0 amide bonds. The number of ether oxygens (including phenoxy) is 1. The van der Waals surface area contributed by atoms with Gasteiger partial charge in [-0.3, -0.25) is 0 Å². The summed E-state index contributed by atoms with van der Waals surface area (Å²) in [6.45, 7) is 4.30. The van der Waals surface area contributed by atoms with Crippen LogP contribution in [0.15, 0.2) is 24.3 Å². The minimum Gasteiger partial charge on any atom is -0.496 e. The second-order valence-corrected chi connectivity index (χ2v) is 3.92. The Bertz CT molecular complexity index is 311. The van der Waals surface area contributed by atoms with E-state index in [0.29, 0.717) is 0 Å². The molecule has 0 spiro atoms. The van der Waals surface area contributed by atoms with Crippen LogP contribution in [0.2, 0.25) is 0 Å². The molecule has 0 heterocycles. The lowest BCUT2D eigenvalue weighted by Crippen LogP contribution is -2.34. The third-order valence-corrected chi connectivity index (χ3v) is 2.80. The summed E-state index contributed by atoms with van der Waals surface area (Å²) in [5.41, 5.74) is 1.12. The summed E-state index contributed by atoms with van der Waals surface area (Å²) in [7, 11) is 1.68. The van der Waals surface area contributed by atoms with Crippen LogP contribution in [0.1, 0.15) is 31.9 Å². The normalized spacial score (nSPS) is 14.5. The van der Waals surface area contributed by atoms with Crippen molar-refractivity contribution in [3.8, 4) is 5.75 Å². The summed E-state index contributed by atoms with van der Waals surface area (Å²) in [5.74, 6) is 0.885. The molecule has 2 N–H and O–H groups in total. The van der Waals surface area contributed by atoms with Gasteiger partial charge in [0.25, 0.3) is 0 Å². The van der Waals surface area contributed by atoms with Crippen LogP contribution in [-0.4, -0.2) is 24.9 Å². The van der Waals surface area contributed by atoms with Gasteiger partial charge in [0.05, 0.1) is 13.7 Å². The molecule has 3 nitrogen and oxygen atoms in total. The fraction of sp³-hybridized carbons (Fsp3) is 0.538. The first-order valence-electron chi connectivity index (χ1n) is 5.72. The number of aliphatic hydroxyl groups excluding tert-OH is 1.